The number of β-amino-alcohol motifs (C(OH)–C–C–N with tert-alkyl or cyclic N) is 1. The Morgan fingerprint density at radius 3 is 2.59 bits per heavy atom. The van der Waals surface area contributed by atoms with Crippen LogP contribution in [-0.4, -0.2) is 91.3 Å². The third-order valence-corrected chi connectivity index (χ3v) is 5.07. The number of urea groups is 1. The van der Waals surface area contributed by atoms with Gasteiger partial charge in [0.2, 0.25) is 0 Å². The first-order chi connectivity index (χ1) is 10.5. The number of nitrogens with zero attached hydrogens (tertiary/aromatic N) is 3. The smallest absolute Gasteiger partial charge is 0.317 e. The van der Waals surface area contributed by atoms with Crippen LogP contribution in [0.25, 0.3) is 0 Å². The first-order valence-electron chi connectivity index (χ1n) is 8.56. The van der Waals surface area contributed by atoms with Crippen LogP contribution in [0.1, 0.15) is 26.2 Å². The third-order valence-electron chi connectivity index (χ3n) is 5.07. The second kappa shape index (κ2) is 8.13. The molecule has 1 saturated heterocycles. The van der Waals surface area contributed by atoms with E-state index in [1.807, 2.05) is 0 Å². The molecule has 0 aromatic carbocycles. The second-order valence-electron chi connectivity index (χ2n) is 7.10. The summed E-state index contributed by atoms with van der Waals surface area (Å²) >= 11 is 0. The van der Waals surface area contributed by atoms with Gasteiger partial charge in [-0.25, -0.2) is 4.79 Å². The third kappa shape index (κ3) is 5.11. The molecule has 2 rings (SSSR count). The van der Waals surface area contributed by atoms with Crippen molar-refractivity contribution in [3.8, 4) is 0 Å². The zero-order chi connectivity index (χ0) is 16.1. The monoisotopic (exact) mass is 312 g/mol. The number of rotatable bonds is 5. The van der Waals surface area contributed by atoms with Crippen LogP contribution in [0.5, 0.6) is 0 Å². The summed E-state index contributed by atoms with van der Waals surface area (Å²) < 4.78 is 0. The fraction of sp³-hybridized carbons (Fsp3) is 0.938. The van der Waals surface area contributed by atoms with E-state index >= 15 is 0 Å². The lowest BCUT2D eigenvalue weighted by Crippen LogP contribution is -2.50. The Kier molecular flexibility index (Phi) is 6.47. The molecule has 1 saturated carbocycles. The summed E-state index contributed by atoms with van der Waals surface area (Å²) in [6, 6.07) is 0.237. The van der Waals surface area contributed by atoms with Crippen LogP contribution in [0, 0.1) is 5.92 Å². The number of aliphatic hydroxyl groups is 1. The molecule has 0 aromatic heterocycles. The molecule has 0 bridgehead atoms. The summed E-state index contributed by atoms with van der Waals surface area (Å²) in [6.07, 6.45) is 2.98. The first-order valence-corrected chi connectivity index (χ1v) is 8.56. The van der Waals surface area contributed by atoms with Gasteiger partial charge in [0.15, 0.2) is 0 Å². The Labute approximate surface area is 134 Å². The standard InChI is InChI=1S/C16H32N4O2/c1-13-5-4-6-15(13)17-16(22)19(3)11-14(21)12-20-9-7-18(2)8-10-20/h13-15,21H,4-12H2,1-3H3,(H,17,22). The minimum atomic E-state index is -0.486. The van der Waals surface area contributed by atoms with Crippen LogP contribution in [-0.2, 0) is 0 Å². The Balaban J connectivity index is 1.68. The number of likely N-dealkylation sites (N-methyl/N-ethyl adjacent to an activating group) is 2. The molecule has 0 spiro atoms. The molecule has 3 atom stereocenters. The van der Waals surface area contributed by atoms with Crippen molar-refractivity contribution >= 4 is 6.03 Å². The van der Waals surface area contributed by atoms with Crippen molar-refractivity contribution in [2.24, 2.45) is 5.92 Å². The van der Waals surface area contributed by atoms with E-state index in [-0.39, 0.29) is 6.03 Å². The lowest BCUT2D eigenvalue weighted by Gasteiger charge is -2.34. The van der Waals surface area contributed by atoms with Gasteiger partial charge in [0.25, 0.3) is 0 Å². The topological polar surface area (TPSA) is 59.1 Å². The van der Waals surface area contributed by atoms with Gasteiger partial charge in [-0.05, 0) is 25.8 Å². The Morgan fingerprint density at radius 2 is 2.00 bits per heavy atom. The minimum Gasteiger partial charge on any atom is -0.390 e. The van der Waals surface area contributed by atoms with Crippen LogP contribution < -0.4 is 5.32 Å². The molecule has 2 N–H and O–H groups in total. The van der Waals surface area contributed by atoms with Gasteiger partial charge in [0.1, 0.15) is 0 Å². The van der Waals surface area contributed by atoms with Gasteiger partial charge in [0.05, 0.1) is 6.10 Å². The van der Waals surface area contributed by atoms with Crippen molar-refractivity contribution < 1.29 is 9.90 Å². The van der Waals surface area contributed by atoms with Crippen molar-refractivity contribution in [3.05, 3.63) is 0 Å². The SMILES string of the molecule is CC1CCCC1NC(=O)N(C)CC(O)CN1CCN(C)CC1. The van der Waals surface area contributed by atoms with E-state index in [9.17, 15) is 9.90 Å². The van der Waals surface area contributed by atoms with E-state index in [2.05, 4.69) is 29.1 Å². The van der Waals surface area contributed by atoms with Crippen molar-refractivity contribution in [2.45, 2.75) is 38.3 Å². The lowest BCUT2D eigenvalue weighted by molar-refractivity contribution is 0.0654. The van der Waals surface area contributed by atoms with Gasteiger partial charge in [-0.2, -0.15) is 0 Å². The van der Waals surface area contributed by atoms with Crippen LogP contribution >= 0.6 is 0 Å². The number of carbonyl (C=O) groups excluding carboxylic acids is 1. The van der Waals surface area contributed by atoms with E-state index in [1.165, 1.54) is 12.8 Å². The summed E-state index contributed by atoms with van der Waals surface area (Å²) in [5.74, 6) is 0.563. The molecule has 2 aliphatic rings. The van der Waals surface area contributed by atoms with Gasteiger partial charge in [-0.3, -0.25) is 4.90 Å². The van der Waals surface area contributed by atoms with Crippen LogP contribution in [0.3, 0.4) is 0 Å². The maximum absolute atomic E-state index is 12.2. The molecule has 6 heteroatoms. The molecule has 6 nitrogen and oxygen atoms in total. The predicted octanol–water partition coefficient (Wildman–Crippen LogP) is 0.425. The molecule has 1 aliphatic carbocycles. The summed E-state index contributed by atoms with van der Waals surface area (Å²) in [4.78, 5) is 18.4. The van der Waals surface area contributed by atoms with Crippen molar-refractivity contribution in [1.29, 1.82) is 0 Å². The first kappa shape index (κ1) is 17.5. The van der Waals surface area contributed by atoms with Gasteiger partial charge < -0.3 is 20.2 Å². The highest BCUT2D eigenvalue weighted by Crippen LogP contribution is 2.24. The lowest BCUT2D eigenvalue weighted by atomic mass is 10.1. The maximum Gasteiger partial charge on any atom is 0.317 e. The molecule has 1 aliphatic heterocycles. The highest BCUT2D eigenvalue weighted by molar-refractivity contribution is 5.74. The number of piperazine rings is 1. The normalized spacial score (nSPS) is 28.5. The zero-order valence-corrected chi connectivity index (χ0v) is 14.3. The molecular formula is C16H32N4O2. The quantitative estimate of drug-likeness (QED) is 0.773. The van der Waals surface area contributed by atoms with E-state index in [0.29, 0.717) is 25.0 Å². The highest BCUT2D eigenvalue weighted by Gasteiger charge is 2.26. The largest absolute Gasteiger partial charge is 0.390 e. The summed E-state index contributed by atoms with van der Waals surface area (Å²) in [6.45, 7) is 7.29. The highest BCUT2D eigenvalue weighted by atomic mass is 16.3. The van der Waals surface area contributed by atoms with Gasteiger partial charge in [-0.1, -0.05) is 13.3 Å². The van der Waals surface area contributed by atoms with E-state index in [1.54, 1.807) is 11.9 Å². The fourth-order valence-electron chi connectivity index (χ4n) is 3.41. The summed E-state index contributed by atoms with van der Waals surface area (Å²) in [7, 11) is 3.89. The number of hydrogen-bond acceptors (Lipinski definition) is 4. The fourth-order valence-corrected chi connectivity index (χ4v) is 3.41. The van der Waals surface area contributed by atoms with E-state index < -0.39 is 6.10 Å². The zero-order valence-electron chi connectivity index (χ0n) is 14.3. The van der Waals surface area contributed by atoms with Crippen LogP contribution in [0.15, 0.2) is 0 Å². The molecule has 1 heterocycles. The Morgan fingerprint density at radius 1 is 1.32 bits per heavy atom. The predicted molar refractivity (Wildman–Crippen MR) is 87.9 cm³/mol. The molecule has 0 aromatic rings. The number of hydrogen-bond donors (Lipinski definition) is 2. The average molecular weight is 312 g/mol. The number of nitrogens with one attached hydrogen (secondary N) is 1. The average Bonchev–Trinajstić information content (AvgIpc) is 2.86. The molecule has 2 amide bonds. The second-order valence-corrected chi connectivity index (χ2v) is 7.10. The molecule has 22 heavy (non-hydrogen) atoms. The molecule has 2 fully saturated rings. The van der Waals surface area contributed by atoms with E-state index in [0.717, 1.165) is 32.6 Å². The molecule has 0 radical (unpaired) electrons. The summed E-state index contributed by atoms with van der Waals surface area (Å²) in [5, 5.41) is 13.3. The Hall–Kier alpha value is -0.850. The molecule has 128 valence electrons. The van der Waals surface area contributed by atoms with Gasteiger partial charge in [0, 0.05) is 52.4 Å². The van der Waals surface area contributed by atoms with Crippen molar-refractivity contribution in [1.82, 2.24) is 20.0 Å². The minimum absolute atomic E-state index is 0.0591. The molecular weight excluding hydrogens is 280 g/mol. The maximum atomic E-state index is 12.2. The van der Waals surface area contributed by atoms with E-state index in [4.69, 9.17) is 0 Å². The van der Waals surface area contributed by atoms with Crippen LogP contribution in [0.4, 0.5) is 4.79 Å². The van der Waals surface area contributed by atoms with Crippen LogP contribution in [0.2, 0.25) is 0 Å². The van der Waals surface area contributed by atoms with Gasteiger partial charge >= 0.3 is 6.03 Å². The number of carbonyl (C=O) groups is 1. The number of amides is 2. The van der Waals surface area contributed by atoms with Crippen molar-refractivity contribution in [2.75, 3.05) is 53.4 Å². The Bertz CT molecular complexity index is 358. The van der Waals surface area contributed by atoms with Gasteiger partial charge in [-0.15, -0.1) is 0 Å². The molecule has 3 unspecified atom stereocenters. The van der Waals surface area contributed by atoms with Crippen molar-refractivity contribution in [3.63, 3.8) is 0 Å². The number of aliphatic hydroxyl groups excluding tert-OH is 1. The summed E-state index contributed by atoms with van der Waals surface area (Å²) in [5.41, 5.74) is 0.